The molecular formula is C14H20N2O5. The number of nitrogens with one attached hydrogen (secondary N) is 2. The van der Waals surface area contributed by atoms with Gasteiger partial charge in [0.05, 0.1) is 6.04 Å². The molecule has 7 nitrogen and oxygen atoms in total. The zero-order valence-electron chi connectivity index (χ0n) is 12.1. The summed E-state index contributed by atoms with van der Waals surface area (Å²) >= 11 is 0. The molecule has 1 aliphatic heterocycles. The molecule has 1 fully saturated rings. The molecule has 1 unspecified atom stereocenters. The topological polar surface area (TPSA) is 101 Å². The first-order valence-corrected chi connectivity index (χ1v) is 6.89. The van der Waals surface area contributed by atoms with Crippen molar-refractivity contribution in [2.24, 2.45) is 0 Å². The molecule has 1 atom stereocenters. The third kappa shape index (κ3) is 3.55. The van der Waals surface area contributed by atoms with Crippen molar-refractivity contribution in [3.8, 4) is 0 Å². The molecule has 2 heterocycles. The molecule has 7 heteroatoms. The Hall–Kier alpha value is -2.02. The Morgan fingerprint density at radius 1 is 1.33 bits per heavy atom. The second-order valence-electron chi connectivity index (χ2n) is 5.27. The van der Waals surface area contributed by atoms with E-state index in [0.29, 0.717) is 19.0 Å². The number of aryl methyl sites for hydroxylation is 1. The minimum atomic E-state index is -1.26. The fraction of sp³-hybridized carbons (Fsp3) is 0.571. The quantitative estimate of drug-likeness (QED) is 0.783. The first-order valence-electron chi connectivity index (χ1n) is 6.89. The van der Waals surface area contributed by atoms with Crippen LogP contribution in [0.25, 0.3) is 0 Å². The highest BCUT2D eigenvalue weighted by Gasteiger charge is 2.41. The number of carboxylic acids is 1. The van der Waals surface area contributed by atoms with Crippen molar-refractivity contribution in [3.63, 3.8) is 0 Å². The van der Waals surface area contributed by atoms with Crippen LogP contribution in [-0.4, -0.2) is 35.9 Å². The largest absolute Gasteiger partial charge is 0.480 e. The molecule has 1 aromatic heterocycles. The summed E-state index contributed by atoms with van der Waals surface area (Å²) in [6, 6.07) is 2.72. The normalized spacial score (nSPS) is 18.8. The van der Waals surface area contributed by atoms with Gasteiger partial charge < -0.3 is 24.9 Å². The average Bonchev–Trinajstić information content (AvgIpc) is 2.86. The van der Waals surface area contributed by atoms with E-state index in [1.165, 1.54) is 0 Å². The smallest absolute Gasteiger partial charge is 0.329 e. The van der Waals surface area contributed by atoms with Crippen molar-refractivity contribution in [2.75, 3.05) is 13.2 Å². The molecule has 0 saturated carbocycles. The number of carbonyl (C=O) groups excluding carboxylic acids is 1. The van der Waals surface area contributed by atoms with Crippen LogP contribution in [0.4, 0.5) is 4.79 Å². The number of urea groups is 1. The van der Waals surface area contributed by atoms with Gasteiger partial charge in [-0.25, -0.2) is 9.59 Å². The SMILES string of the molecule is Cc1ccc(C(C)NC(=O)NC2(C(=O)O)CCOCC2)o1. The molecule has 1 saturated heterocycles. The summed E-state index contributed by atoms with van der Waals surface area (Å²) in [5.74, 6) is 0.340. The maximum atomic E-state index is 12.0. The lowest BCUT2D eigenvalue weighted by Crippen LogP contribution is -2.59. The lowest BCUT2D eigenvalue weighted by atomic mass is 9.90. The molecule has 1 aromatic rings. The number of aliphatic carboxylic acids is 1. The molecule has 0 aromatic carbocycles. The number of furan rings is 1. The second kappa shape index (κ2) is 6.17. The van der Waals surface area contributed by atoms with Crippen molar-refractivity contribution in [1.82, 2.24) is 10.6 Å². The molecule has 0 aliphatic carbocycles. The lowest BCUT2D eigenvalue weighted by molar-refractivity contribution is -0.148. The van der Waals surface area contributed by atoms with E-state index in [1.54, 1.807) is 13.0 Å². The van der Waals surface area contributed by atoms with Crippen LogP contribution in [0.15, 0.2) is 16.5 Å². The lowest BCUT2D eigenvalue weighted by Gasteiger charge is -2.34. The van der Waals surface area contributed by atoms with Gasteiger partial charge in [0, 0.05) is 26.1 Å². The molecule has 3 N–H and O–H groups in total. The molecule has 21 heavy (non-hydrogen) atoms. The van der Waals surface area contributed by atoms with Crippen LogP contribution in [0.2, 0.25) is 0 Å². The zero-order valence-corrected chi connectivity index (χ0v) is 12.1. The van der Waals surface area contributed by atoms with Gasteiger partial charge in [-0.1, -0.05) is 0 Å². The number of hydrogen-bond acceptors (Lipinski definition) is 4. The van der Waals surface area contributed by atoms with E-state index in [1.807, 2.05) is 13.0 Å². The molecule has 2 amide bonds. The number of amides is 2. The fourth-order valence-corrected chi connectivity index (χ4v) is 2.32. The summed E-state index contributed by atoms with van der Waals surface area (Å²) in [4.78, 5) is 23.5. The average molecular weight is 296 g/mol. The van der Waals surface area contributed by atoms with Crippen LogP contribution in [0.5, 0.6) is 0 Å². The van der Waals surface area contributed by atoms with Gasteiger partial charge in [-0.05, 0) is 26.0 Å². The van der Waals surface area contributed by atoms with E-state index in [0.717, 1.165) is 5.76 Å². The van der Waals surface area contributed by atoms with E-state index < -0.39 is 17.5 Å². The Kier molecular flexibility index (Phi) is 4.52. The molecular weight excluding hydrogens is 276 g/mol. The maximum absolute atomic E-state index is 12.0. The molecule has 0 bridgehead atoms. The standard InChI is InChI=1S/C14H20N2O5/c1-9-3-4-11(21-9)10(2)15-13(19)16-14(12(17)18)5-7-20-8-6-14/h3-4,10H,5-8H2,1-2H3,(H,17,18)(H2,15,16,19). The second-order valence-corrected chi connectivity index (χ2v) is 5.27. The minimum Gasteiger partial charge on any atom is -0.480 e. The highest BCUT2D eigenvalue weighted by molar-refractivity contribution is 5.86. The fourth-order valence-electron chi connectivity index (χ4n) is 2.32. The Bertz CT molecular complexity index is 519. The third-order valence-electron chi connectivity index (χ3n) is 3.64. The van der Waals surface area contributed by atoms with Crippen LogP contribution in [0.1, 0.15) is 37.3 Å². The van der Waals surface area contributed by atoms with Crippen LogP contribution >= 0.6 is 0 Å². The number of ether oxygens (including phenoxy) is 1. The summed E-state index contributed by atoms with van der Waals surface area (Å²) in [6.45, 7) is 4.23. The highest BCUT2D eigenvalue weighted by Crippen LogP contribution is 2.21. The monoisotopic (exact) mass is 296 g/mol. The Labute approximate surface area is 122 Å². The van der Waals surface area contributed by atoms with E-state index in [4.69, 9.17) is 9.15 Å². The molecule has 1 aliphatic rings. The Morgan fingerprint density at radius 2 is 2.00 bits per heavy atom. The number of carboxylic acid groups (broad SMARTS) is 1. The molecule has 0 spiro atoms. The third-order valence-corrected chi connectivity index (χ3v) is 3.64. The predicted octanol–water partition coefficient (Wildman–Crippen LogP) is 1.58. The van der Waals surface area contributed by atoms with Crippen molar-refractivity contribution in [1.29, 1.82) is 0 Å². The highest BCUT2D eigenvalue weighted by atomic mass is 16.5. The number of hydrogen-bond donors (Lipinski definition) is 3. The van der Waals surface area contributed by atoms with Gasteiger partial charge >= 0.3 is 12.0 Å². The van der Waals surface area contributed by atoms with Gasteiger partial charge in [0.15, 0.2) is 0 Å². The van der Waals surface area contributed by atoms with Crippen molar-refractivity contribution in [3.05, 3.63) is 23.7 Å². The van der Waals surface area contributed by atoms with Crippen LogP contribution in [0, 0.1) is 6.92 Å². The van der Waals surface area contributed by atoms with Crippen molar-refractivity contribution < 1.29 is 23.8 Å². The van der Waals surface area contributed by atoms with Crippen LogP contribution < -0.4 is 10.6 Å². The number of rotatable bonds is 4. The van der Waals surface area contributed by atoms with Gasteiger partial charge in [0.1, 0.15) is 17.1 Å². The number of carbonyl (C=O) groups is 2. The van der Waals surface area contributed by atoms with Gasteiger partial charge in [-0.3, -0.25) is 0 Å². The molecule has 0 radical (unpaired) electrons. The van der Waals surface area contributed by atoms with E-state index in [-0.39, 0.29) is 18.9 Å². The van der Waals surface area contributed by atoms with Gasteiger partial charge in [0.25, 0.3) is 0 Å². The molecule has 2 rings (SSSR count). The maximum Gasteiger partial charge on any atom is 0.329 e. The van der Waals surface area contributed by atoms with E-state index in [9.17, 15) is 14.7 Å². The van der Waals surface area contributed by atoms with Crippen LogP contribution in [0.3, 0.4) is 0 Å². The van der Waals surface area contributed by atoms with E-state index in [2.05, 4.69) is 10.6 Å². The van der Waals surface area contributed by atoms with E-state index >= 15 is 0 Å². The summed E-state index contributed by atoms with van der Waals surface area (Å²) in [6.07, 6.45) is 0.508. The van der Waals surface area contributed by atoms with Crippen molar-refractivity contribution in [2.45, 2.75) is 38.3 Å². The summed E-state index contributed by atoms with van der Waals surface area (Å²) in [7, 11) is 0. The van der Waals surface area contributed by atoms with Crippen molar-refractivity contribution >= 4 is 12.0 Å². The van der Waals surface area contributed by atoms with Gasteiger partial charge in [0.2, 0.25) is 0 Å². The summed E-state index contributed by atoms with van der Waals surface area (Å²) in [5.41, 5.74) is -1.26. The molecule has 116 valence electrons. The first kappa shape index (κ1) is 15.4. The summed E-state index contributed by atoms with van der Waals surface area (Å²) in [5, 5.41) is 14.6. The predicted molar refractivity (Wildman–Crippen MR) is 73.9 cm³/mol. The van der Waals surface area contributed by atoms with Crippen LogP contribution in [-0.2, 0) is 9.53 Å². The first-order chi connectivity index (χ1) is 9.93. The minimum absolute atomic E-state index is 0.254. The van der Waals surface area contributed by atoms with Gasteiger partial charge in [-0.2, -0.15) is 0 Å². The zero-order chi connectivity index (χ0) is 15.5. The Balaban J connectivity index is 1.98. The summed E-state index contributed by atoms with van der Waals surface area (Å²) < 4.78 is 10.6. The Morgan fingerprint density at radius 3 is 2.52 bits per heavy atom. The van der Waals surface area contributed by atoms with Gasteiger partial charge in [-0.15, -0.1) is 0 Å².